The van der Waals surface area contributed by atoms with E-state index in [1.54, 1.807) is 57.2 Å². The number of carbonyl (C=O) groups is 3. The van der Waals surface area contributed by atoms with Gasteiger partial charge in [-0.25, -0.2) is 5.48 Å². The normalized spacial score (nSPS) is 13.4. The van der Waals surface area contributed by atoms with Gasteiger partial charge in [-0.1, -0.05) is 63.2 Å². The molecule has 2 atom stereocenters. The van der Waals surface area contributed by atoms with Gasteiger partial charge in [0.2, 0.25) is 17.7 Å². The van der Waals surface area contributed by atoms with Gasteiger partial charge in [0.05, 0.1) is 5.56 Å². The summed E-state index contributed by atoms with van der Waals surface area (Å²) in [6.07, 6.45) is -4.19. The molecular formula is C27H34F3N3O4. The lowest BCUT2D eigenvalue weighted by atomic mass is 9.85. The van der Waals surface area contributed by atoms with Gasteiger partial charge in [-0.15, -0.1) is 0 Å². The summed E-state index contributed by atoms with van der Waals surface area (Å²) in [4.78, 5) is 37.1. The molecule has 2 rings (SSSR count). The van der Waals surface area contributed by atoms with Crippen molar-refractivity contribution in [2.75, 3.05) is 7.05 Å². The Labute approximate surface area is 214 Å². The van der Waals surface area contributed by atoms with E-state index in [9.17, 15) is 27.6 Å². The zero-order valence-corrected chi connectivity index (χ0v) is 21.4. The van der Waals surface area contributed by atoms with E-state index in [0.29, 0.717) is 17.5 Å². The van der Waals surface area contributed by atoms with E-state index in [1.165, 1.54) is 18.6 Å². The largest absolute Gasteiger partial charge is 0.417 e. The van der Waals surface area contributed by atoms with Crippen molar-refractivity contribution < 1.29 is 32.8 Å². The fourth-order valence-electron chi connectivity index (χ4n) is 4.08. The number of alkyl halides is 3. The van der Waals surface area contributed by atoms with E-state index in [1.807, 2.05) is 0 Å². The third kappa shape index (κ3) is 8.59. The minimum absolute atomic E-state index is 0.0798. The number of amides is 3. The van der Waals surface area contributed by atoms with E-state index in [4.69, 9.17) is 5.21 Å². The highest BCUT2D eigenvalue weighted by Gasteiger charge is 2.35. The van der Waals surface area contributed by atoms with Crippen molar-refractivity contribution in [2.45, 2.75) is 58.7 Å². The second kappa shape index (κ2) is 12.7. The minimum atomic E-state index is -4.55. The molecular weight excluding hydrogens is 487 g/mol. The van der Waals surface area contributed by atoms with Crippen LogP contribution in [-0.2, 0) is 27.0 Å². The van der Waals surface area contributed by atoms with Crippen LogP contribution < -0.4 is 16.1 Å². The molecule has 0 bridgehead atoms. The number of benzene rings is 2. The summed E-state index contributed by atoms with van der Waals surface area (Å²) in [7, 11) is 1.45. The number of hydrogen-bond donors (Lipinski definition) is 4. The van der Waals surface area contributed by atoms with Crippen LogP contribution in [0.15, 0.2) is 48.5 Å². The Bertz CT molecular complexity index is 1080. The van der Waals surface area contributed by atoms with Gasteiger partial charge in [0, 0.05) is 19.4 Å². The van der Waals surface area contributed by atoms with Gasteiger partial charge in [0.25, 0.3) is 0 Å². The molecule has 0 fully saturated rings. The zero-order valence-electron chi connectivity index (χ0n) is 21.4. The van der Waals surface area contributed by atoms with Crippen LogP contribution in [0.4, 0.5) is 13.2 Å². The molecule has 0 heterocycles. The molecule has 0 aromatic heterocycles. The summed E-state index contributed by atoms with van der Waals surface area (Å²) in [5, 5.41) is 14.1. The molecule has 37 heavy (non-hydrogen) atoms. The molecule has 0 aliphatic rings. The Morgan fingerprint density at radius 1 is 0.973 bits per heavy atom. The van der Waals surface area contributed by atoms with Gasteiger partial charge in [-0.05, 0) is 47.4 Å². The maximum atomic E-state index is 13.8. The number of hydroxylamine groups is 1. The van der Waals surface area contributed by atoms with E-state index in [0.717, 1.165) is 6.07 Å². The molecule has 7 nitrogen and oxygen atoms in total. The molecule has 2 aromatic rings. The van der Waals surface area contributed by atoms with Crippen LogP contribution in [0.2, 0.25) is 0 Å². The first-order valence-electron chi connectivity index (χ1n) is 12.0. The van der Waals surface area contributed by atoms with E-state index in [2.05, 4.69) is 10.6 Å². The zero-order chi connectivity index (χ0) is 27.8. The summed E-state index contributed by atoms with van der Waals surface area (Å²) >= 11 is 0. The Morgan fingerprint density at radius 2 is 1.62 bits per heavy atom. The molecule has 3 amide bonds. The molecule has 0 radical (unpaired) electrons. The third-order valence-corrected chi connectivity index (χ3v) is 6.08. The van der Waals surface area contributed by atoms with Crippen LogP contribution in [0.1, 0.15) is 51.2 Å². The van der Waals surface area contributed by atoms with E-state index in [-0.39, 0.29) is 24.8 Å². The third-order valence-electron chi connectivity index (χ3n) is 6.08. The Balaban J connectivity index is 2.19. The van der Waals surface area contributed by atoms with Gasteiger partial charge in [0.1, 0.15) is 6.04 Å². The summed E-state index contributed by atoms with van der Waals surface area (Å²) < 4.78 is 41.4. The van der Waals surface area contributed by atoms with Gasteiger partial charge >= 0.3 is 6.18 Å². The lowest BCUT2D eigenvalue weighted by Crippen LogP contribution is -2.54. The molecule has 10 heteroatoms. The monoisotopic (exact) mass is 521 g/mol. The molecule has 4 N–H and O–H groups in total. The van der Waals surface area contributed by atoms with Crippen molar-refractivity contribution >= 4 is 17.7 Å². The van der Waals surface area contributed by atoms with Crippen molar-refractivity contribution in [2.24, 2.45) is 11.3 Å². The first-order valence-corrected chi connectivity index (χ1v) is 12.0. The summed E-state index contributed by atoms with van der Waals surface area (Å²) in [5.74, 6) is -2.63. The van der Waals surface area contributed by atoms with Crippen LogP contribution in [0.3, 0.4) is 0 Å². The lowest BCUT2D eigenvalue weighted by molar-refractivity contribution is -0.137. The number of hydrogen-bond acceptors (Lipinski definition) is 4. The number of carbonyl (C=O) groups excluding carboxylic acids is 3. The first kappa shape index (κ1) is 29.8. The fraction of sp³-hybridized carbons (Fsp3) is 0.444. The summed E-state index contributed by atoms with van der Waals surface area (Å²) in [5.41, 5.74) is 1.11. The van der Waals surface area contributed by atoms with Crippen LogP contribution in [0.5, 0.6) is 0 Å². The Morgan fingerprint density at radius 3 is 2.16 bits per heavy atom. The molecule has 0 unspecified atom stereocenters. The topological polar surface area (TPSA) is 108 Å². The average molecular weight is 522 g/mol. The van der Waals surface area contributed by atoms with Gasteiger partial charge < -0.3 is 10.6 Å². The van der Waals surface area contributed by atoms with Gasteiger partial charge in [-0.3, -0.25) is 19.6 Å². The number of rotatable bonds is 10. The number of halogens is 3. The average Bonchev–Trinajstić information content (AvgIpc) is 2.85. The highest BCUT2D eigenvalue weighted by Crippen LogP contribution is 2.38. The van der Waals surface area contributed by atoms with Crippen molar-refractivity contribution in [3.63, 3.8) is 0 Å². The molecule has 202 valence electrons. The van der Waals surface area contributed by atoms with Gasteiger partial charge in [0.15, 0.2) is 0 Å². The van der Waals surface area contributed by atoms with Gasteiger partial charge in [-0.2, -0.15) is 13.2 Å². The van der Waals surface area contributed by atoms with E-state index >= 15 is 0 Å². The molecule has 0 aliphatic heterocycles. The number of aryl methyl sites for hydroxylation is 1. The highest BCUT2D eigenvalue weighted by atomic mass is 19.4. The fourth-order valence-corrected chi connectivity index (χ4v) is 4.08. The molecule has 0 aliphatic carbocycles. The van der Waals surface area contributed by atoms with E-state index < -0.39 is 46.8 Å². The quantitative estimate of drug-likeness (QED) is 0.273. The maximum absolute atomic E-state index is 13.8. The van der Waals surface area contributed by atoms with Crippen LogP contribution >= 0.6 is 0 Å². The smallest absolute Gasteiger partial charge is 0.357 e. The molecule has 0 spiro atoms. The summed E-state index contributed by atoms with van der Waals surface area (Å²) in [6.45, 7) is 5.33. The molecule has 0 saturated heterocycles. The second-order valence-electron chi connectivity index (χ2n) is 9.99. The maximum Gasteiger partial charge on any atom is 0.417 e. The van der Waals surface area contributed by atoms with Crippen molar-refractivity contribution in [1.29, 1.82) is 0 Å². The standard InChI is InChI=1S/C27H34F3N3O4/c1-26(2,3)23(25(36)31-4)32-24(35)19(16-22(34)33-37)12-8-9-17-13-14-20(18-10-6-5-7-11-18)21(15-17)27(28,29)30/h5-7,10-11,13-15,19,23,37H,8-9,12,16H2,1-4H3,(H,31,36)(H,32,35)(H,33,34)/t19-,23-/m1/s1. The minimum Gasteiger partial charge on any atom is -0.357 e. The second-order valence-corrected chi connectivity index (χ2v) is 9.99. The van der Waals surface area contributed by atoms with Crippen molar-refractivity contribution in [1.82, 2.24) is 16.1 Å². The predicted molar refractivity (Wildman–Crippen MR) is 133 cm³/mol. The number of likely N-dealkylation sites (N-methyl/N-ethyl adjacent to an activating group) is 1. The summed E-state index contributed by atoms with van der Waals surface area (Å²) in [6, 6.07) is 11.6. The number of nitrogens with one attached hydrogen (secondary N) is 3. The van der Waals surface area contributed by atoms with Crippen molar-refractivity contribution in [3.05, 3.63) is 59.7 Å². The first-order chi connectivity index (χ1) is 17.3. The van der Waals surface area contributed by atoms with Crippen molar-refractivity contribution in [3.8, 4) is 11.1 Å². The highest BCUT2D eigenvalue weighted by molar-refractivity contribution is 5.90. The van der Waals surface area contributed by atoms with Crippen LogP contribution in [0.25, 0.3) is 11.1 Å². The van der Waals surface area contributed by atoms with Crippen LogP contribution in [0, 0.1) is 11.3 Å². The lowest BCUT2D eigenvalue weighted by Gasteiger charge is -2.31. The van der Waals surface area contributed by atoms with Crippen LogP contribution in [-0.4, -0.2) is 36.0 Å². The molecule has 2 aromatic carbocycles. The Hall–Kier alpha value is -3.40. The predicted octanol–water partition coefficient (Wildman–Crippen LogP) is 4.48. The SMILES string of the molecule is CNC(=O)[C@@H](NC(=O)[C@H](CCCc1ccc(-c2ccccc2)c(C(F)(F)F)c1)CC(=O)NO)C(C)(C)C. The molecule has 0 saturated carbocycles. The Kier molecular flexibility index (Phi) is 10.2.